The number of nitrogens with one attached hydrogen (secondary N) is 1. The molecular formula is C28H30F4N2O. The highest BCUT2D eigenvalue weighted by Gasteiger charge is 2.36. The molecule has 2 atom stereocenters. The maximum atomic E-state index is 13.8. The van der Waals surface area contributed by atoms with Crippen molar-refractivity contribution in [2.75, 3.05) is 18.4 Å². The summed E-state index contributed by atoms with van der Waals surface area (Å²) in [4.78, 5) is 2.05. The van der Waals surface area contributed by atoms with Crippen LogP contribution >= 0.6 is 0 Å². The average molecular weight is 487 g/mol. The maximum absolute atomic E-state index is 13.8. The number of hydrogen-bond donors (Lipinski definition) is 2. The van der Waals surface area contributed by atoms with E-state index in [4.69, 9.17) is 0 Å². The first-order chi connectivity index (χ1) is 16.8. The van der Waals surface area contributed by atoms with Crippen LogP contribution in [0.5, 0.6) is 0 Å². The molecule has 3 aromatic rings. The van der Waals surface area contributed by atoms with E-state index in [0.29, 0.717) is 30.5 Å². The molecule has 0 radical (unpaired) electrons. The van der Waals surface area contributed by atoms with Crippen LogP contribution in [-0.2, 0) is 5.72 Å². The number of nitrogens with zero attached hydrogens (tertiary/aromatic N) is 1. The quantitative estimate of drug-likeness (QED) is 0.323. The molecule has 2 unspecified atom stereocenters. The van der Waals surface area contributed by atoms with Crippen LogP contribution in [0.3, 0.4) is 0 Å². The zero-order chi connectivity index (χ0) is 24.8. The molecule has 2 N–H and O–H groups in total. The van der Waals surface area contributed by atoms with Crippen LogP contribution in [0.25, 0.3) is 0 Å². The molecule has 1 fully saturated rings. The second-order valence-electron chi connectivity index (χ2n) is 9.14. The Bertz CT molecular complexity index is 1100. The third-order valence-electron chi connectivity index (χ3n) is 6.74. The minimum Gasteiger partial charge on any atom is -0.378 e. The molecule has 7 heteroatoms. The number of benzene rings is 3. The number of halogens is 4. The lowest BCUT2D eigenvalue weighted by Gasteiger charge is -2.42. The summed E-state index contributed by atoms with van der Waals surface area (Å²) in [6, 6.07) is 15.3. The lowest BCUT2D eigenvalue weighted by molar-refractivity contribution is -0.131. The molecule has 0 bridgehead atoms. The second kappa shape index (κ2) is 11.2. The fraction of sp³-hybridized carbons (Fsp3) is 0.357. The number of piperidine rings is 1. The van der Waals surface area contributed by atoms with Gasteiger partial charge in [-0.05, 0) is 79.6 Å². The SMILES string of the molecule is OC(CCCC(Nc1ccc(F)c(F)c1)c1ccc(F)cc1)(c1ccc(F)cc1)N1CCCCC1. The van der Waals surface area contributed by atoms with Crippen molar-refractivity contribution >= 4 is 5.69 Å². The van der Waals surface area contributed by atoms with Crippen molar-refractivity contribution in [1.29, 1.82) is 0 Å². The van der Waals surface area contributed by atoms with Gasteiger partial charge in [0.2, 0.25) is 0 Å². The van der Waals surface area contributed by atoms with E-state index in [1.54, 1.807) is 24.3 Å². The third kappa shape index (κ3) is 6.21. The lowest BCUT2D eigenvalue weighted by atomic mass is 9.90. The standard InChI is InChI=1S/C28H30F4N2O/c29-22-10-6-20(7-11-22)27(33-24-14-15-25(31)26(32)19-24)5-4-16-28(35,34-17-2-1-3-18-34)21-8-12-23(30)13-9-21/h6-15,19,27,33,35H,1-5,16-18H2. The highest BCUT2D eigenvalue weighted by atomic mass is 19.2. The van der Waals surface area contributed by atoms with Crippen molar-refractivity contribution in [2.24, 2.45) is 0 Å². The van der Waals surface area contributed by atoms with Gasteiger partial charge in [-0.25, -0.2) is 17.6 Å². The van der Waals surface area contributed by atoms with E-state index in [1.807, 2.05) is 0 Å². The van der Waals surface area contributed by atoms with E-state index in [0.717, 1.165) is 50.0 Å². The molecule has 4 rings (SSSR count). The molecule has 1 aliphatic heterocycles. The largest absolute Gasteiger partial charge is 0.378 e. The summed E-state index contributed by atoms with van der Waals surface area (Å²) in [5.41, 5.74) is 0.596. The van der Waals surface area contributed by atoms with E-state index in [1.165, 1.54) is 30.3 Å². The number of likely N-dealkylation sites (tertiary alicyclic amines) is 1. The molecule has 3 nitrogen and oxygen atoms in total. The van der Waals surface area contributed by atoms with Gasteiger partial charge in [-0.3, -0.25) is 4.90 Å². The zero-order valence-corrected chi connectivity index (χ0v) is 19.5. The van der Waals surface area contributed by atoms with Crippen LogP contribution in [0.1, 0.15) is 55.7 Å². The molecule has 3 aromatic carbocycles. The minimum absolute atomic E-state index is 0.320. The molecule has 186 valence electrons. The first kappa shape index (κ1) is 25.2. The maximum Gasteiger partial charge on any atom is 0.160 e. The van der Waals surface area contributed by atoms with Crippen molar-refractivity contribution < 1.29 is 22.7 Å². The number of hydrogen-bond acceptors (Lipinski definition) is 3. The molecule has 0 amide bonds. The first-order valence-electron chi connectivity index (χ1n) is 12.1. The Morgan fingerprint density at radius 3 is 2.06 bits per heavy atom. The molecule has 35 heavy (non-hydrogen) atoms. The Morgan fingerprint density at radius 2 is 1.43 bits per heavy atom. The molecular weight excluding hydrogens is 456 g/mol. The summed E-state index contributed by atoms with van der Waals surface area (Å²) in [6.07, 6.45) is 4.60. The van der Waals surface area contributed by atoms with Crippen LogP contribution in [0.15, 0.2) is 66.7 Å². The summed E-state index contributed by atoms with van der Waals surface area (Å²) in [5, 5.41) is 15.0. The van der Waals surface area contributed by atoms with Gasteiger partial charge in [-0.2, -0.15) is 0 Å². The Balaban J connectivity index is 1.54. The topological polar surface area (TPSA) is 35.5 Å². The Morgan fingerprint density at radius 1 is 0.800 bits per heavy atom. The van der Waals surface area contributed by atoms with E-state index in [2.05, 4.69) is 10.2 Å². The second-order valence-corrected chi connectivity index (χ2v) is 9.14. The van der Waals surface area contributed by atoms with Crippen molar-refractivity contribution in [2.45, 2.75) is 50.3 Å². The molecule has 1 heterocycles. The van der Waals surface area contributed by atoms with Crippen LogP contribution in [0.4, 0.5) is 23.2 Å². The lowest BCUT2D eigenvalue weighted by Crippen LogP contribution is -2.48. The van der Waals surface area contributed by atoms with E-state index >= 15 is 0 Å². The highest BCUT2D eigenvalue weighted by molar-refractivity contribution is 5.46. The molecule has 1 saturated heterocycles. The van der Waals surface area contributed by atoms with Crippen LogP contribution in [-0.4, -0.2) is 23.1 Å². The smallest absolute Gasteiger partial charge is 0.160 e. The summed E-state index contributed by atoms with van der Waals surface area (Å²) in [7, 11) is 0. The fourth-order valence-electron chi connectivity index (χ4n) is 4.82. The normalized spacial score (nSPS) is 17.1. The number of aliphatic hydroxyl groups is 1. The van der Waals surface area contributed by atoms with Crippen LogP contribution < -0.4 is 5.32 Å². The highest BCUT2D eigenvalue weighted by Crippen LogP contribution is 2.35. The predicted octanol–water partition coefficient (Wildman–Crippen LogP) is 6.90. The third-order valence-corrected chi connectivity index (χ3v) is 6.74. The van der Waals surface area contributed by atoms with Crippen molar-refractivity contribution in [3.05, 3.63) is 101 Å². The van der Waals surface area contributed by atoms with Gasteiger partial charge < -0.3 is 10.4 Å². The van der Waals surface area contributed by atoms with Gasteiger partial charge in [0.05, 0.1) is 6.04 Å². The molecule has 1 aliphatic rings. The Hall–Kier alpha value is -2.90. The predicted molar refractivity (Wildman–Crippen MR) is 129 cm³/mol. The van der Waals surface area contributed by atoms with E-state index < -0.39 is 17.4 Å². The summed E-state index contributed by atoms with van der Waals surface area (Å²) >= 11 is 0. The molecule has 0 aliphatic carbocycles. The van der Waals surface area contributed by atoms with E-state index in [-0.39, 0.29) is 17.7 Å². The molecule has 0 aromatic heterocycles. The zero-order valence-electron chi connectivity index (χ0n) is 19.5. The van der Waals surface area contributed by atoms with Crippen molar-refractivity contribution in [1.82, 2.24) is 4.90 Å². The average Bonchev–Trinajstić information content (AvgIpc) is 2.87. The van der Waals surface area contributed by atoms with E-state index in [9.17, 15) is 22.7 Å². The fourth-order valence-corrected chi connectivity index (χ4v) is 4.82. The van der Waals surface area contributed by atoms with Gasteiger partial charge in [0.15, 0.2) is 11.6 Å². The monoisotopic (exact) mass is 486 g/mol. The van der Waals surface area contributed by atoms with Gasteiger partial charge >= 0.3 is 0 Å². The van der Waals surface area contributed by atoms with Gasteiger partial charge in [0.1, 0.15) is 17.4 Å². The molecule has 0 spiro atoms. The first-order valence-corrected chi connectivity index (χ1v) is 12.1. The Kier molecular flexibility index (Phi) is 8.08. The summed E-state index contributed by atoms with van der Waals surface area (Å²) < 4.78 is 54.3. The molecule has 0 saturated carbocycles. The van der Waals surface area contributed by atoms with Gasteiger partial charge in [0, 0.05) is 24.8 Å². The van der Waals surface area contributed by atoms with Crippen molar-refractivity contribution in [3.63, 3.8) is 0 Å². The van der Waals surface area contributed by atoms with Gasteiger partial charge in [0.25, 0.3) is 0 Å². The van der Waals surface area contributed by atoms with Crippen LogP contribution in [0, 0.1) is 23.3 Å². The summed E-state index contributed by atoms with van der Waals surface area (Å²) in [5.74, 6) is -2.61. The number of rotatable bonds is 9. The van der Waals surface area contributed by atoms with Gasteiger partial charge in [-0.15, -0.1) is 0 Å². The van der Waals surface area contributed by atoms with Crippen molar-refractivity contribution in [3.8, 4) is 0 Å². The van der Waals surface area contributed by atoms with Gasteiger partial charge in [-0.1, -0.05) is 30.7 Å². The Labute approximate surface area is 203 Å². The number of anilines is 1. The minimum atomic E-state index is -1.25. The summed E-state index contributed by atoms with van der Waals surface area (Å²) in [6.45, 7) is 1.50. The van der Waals surface area contributed by atoms with Crippen LogP contribution in [0.2, 0.25) is 0 Å².